The first-order valence-corrected chi connectivity index (χ1v) is 6.84. The smallest absolute Gasteiger partial charge is 0.118 e. The molecule has 0 aliphatic carbocycles. The number of hydrogen-bond acceptors (Lipinski definition) is 3. The van der Waals surface area contributed by atoms with Gasteiger partial charge < -0.3 is 5.73 Å². The van der Waals surface area contributed by atoms with E-state index in [1.165, 1.54) is 11.1 Å². The molecule has 4 heteroatoms. The second-order valence-electron chi connectivity index (χ2n) is 4.75. The first-order valence-electron chi connectivity index (χ1n) is 6.84. The molecule has 0 bridgehead atoms. The molecule has 1 aromatic carbocycles. The predicted molar refractivity (Wildman–Crippen MR) is 90.2 cm³/mol. The van der Waals surface area contributed by atoms with E-state index in [2.05, 4.69) is 42.6 Å². The highest BCUT2D eigenvalue weighted by atomic mass is 15.5. The quantitative estimate of drug-likeness (QED) is 0.365. The maximum absolute atomic E-state index is 5.67. The Hall–Kier alpha value is -2.49. The highest BCUT2D eigenvalue weighted by molar-refractivity contribution is 5.80. The number of hydrogen-bond donors (Lipinski definition) is 2. The molecule has 0 aliphatic heterocycles. The van der Waals surface area contributed by atoms with E-state index in [0.29, 0.717) is 17.9 Å². The molecule has 21 heavy (non-hydrogen) atoms. The lowest BCUT2D eigenvalue weighted by molar-refractivity contribution is 0.325. The van der Waals surface area contributed by atoms with Gasteiger partial charge in [-0.3, -0.25) is 10.4 Å². The highest BCUT2D eigenvalue weighted by Crippen LogP contribution is 2.10. The fourth-order valence-electron chi connectivity index (χ4n) is 1.86. The number of rotatable bonds is 6. The molecule has 1 aromatic rings. The number of benzene rings is 1. The van der Waals surface area contributed by atoms with Crippen LogP contribution in [0.25, 0.3) is 0 Å². The van der Waals surface area contributed by atoms with Gasteiger partial charge in [-0.15, -0.1) is 0 Å². The summed E-state index contributed by atoms with van der Waals surface area (Å²) in [5, 5.41) is 1.88. The Morgan fingerprint density at radius 1 is 1.43 bits per heavy atom. The molecule has 0 heterocycles. The minimum Gasteiger partial charge on any atom is -0.397 e. The molecule has 0 spiro atoms. The maximum atomic E-state index is 5.67. The Bertz CT molecular complexity index is 570. The zero-order valence-electron chi connectivity index (χ0n) is 13.1. The number of nitrogens with two attached hydrogens (primary N) is 1. The van der Waals surface area contributed by atoms with Crippen molar-refractivity contribution in [2.75, 3.05) is 0 Å². The topological polar surface area (TPSA) is 53.6 Å². The van der Waals surface area contributed by atoms with E-state index in [1.54, 1.807) is 6.20 Å². The minimum absolute atomic E-state index is 0.447. The van der Waals surface area contributed by atoms with E-state index in [0.717, 1.165) is 5.84 Å². The zero-order valence-corrected chi connectivity index (χ0v) is 13.1. The van der Waals surface area contributed by atoms with E-state index < -0.39 is 0 Å². The summed E-state index contributed by atoms with van der Waals surface area (Å²) in [6.07, 6.45) is 3.56. The van der Waals surface area contributed by atoms with Gasteiger partial charge in [0.2, 0.25) is 0 Å². The number of amidine groups is 1. The molecule has 0 aromatic heterocycles. The Morgan fingerprint density at radius 3 is 2.62 bits per heavy atom. The van der Waals surface area contributed by atoms with Crippen molar-refractivity contribution < 1.29 is 0 Å². The molecule has 0 fully saturated rings. The first kappa shape index (κ1) is 16.6. The van der Waals surface area contributed by atoms with Gasteiger partial charge in [-0.2, -0.15) is 0 Å². The van der Waals surface area contributed by atoms with Gasteiger partial charge in [0.15, 0.2) is 0 Å². The van der Waals surface area contributed by atoms with Gasteiger partial charge in [-0.05, 0) is 31.9 Å². The minimum atomic E-state index is 0.447. The van der Waals surface area contributed by atoms with E-state index >= 15 is 0 Å². The fourth-order valence-corrected chi connectivity index (χ4v) is 1.86. The standard InChI is InChI=1S/C17H24N4/c1-6-17(14(4)18)19-15(5)20-21(7-2)12-16-11-9-8-10-13(16)3/h6-11H,2,4,12,18H2,1,3,5H3,(H,19,20)/b17-6-. The van der Waals surface area contributed by atoms with E-state index in [9.17, 15) is 0 Å². The Kier molecular flexibility index (Phi) is 6.27. The Balaban J connectivity index is 2.79. The third kappa shape index (κ3) is 5.18. The number of aryl methyl sites for hydroxylation is 1. The molecule has 0 radical (unpaired) electrons. The average Bonchev–Trinajstić information content (AvgIpc) is 2.45. The Labute approximate surface area is 127 Å². The van der Waals surface area contributed by atoms with Gasteiger partial charge in [0.25, 0.3) is 0 Å². The van der Waals surface area contributed by atoms with Crippen LogP contribution in [0.1, 0.15) is 25.0 Å². The molecular formula is C17H24N4. The summed E-state index contributed by atoms with van der Waals surface area (Å²) in [7, 11) is 0. The van der Waals surface area contributed by atoms with Crippen molar-refractivity contribution in [3.8, 4) is 0 Å². The van der Waals surface area contributed by atoms with Crippen LogP contribution in [0.5, 0.6) is 0 Å². The van der Waals surface area contributed by atoms with Crippen LogP contribution in [0.4, 0.5) is 0 Å². The summed E-state index contributed by atoms with van der Waals surface area (Å²) in [6.45, 7) is 14.1. The monoisotopic (exact) mass is 284 g/mol. The third-order valence-electron chi connectivity index (χ3n) is 3.02. The van der Waals surface area contributed by atoms with Gasteiger partial charge in [0.1, 0.15) is 5.84 Å². The highest BCUT2D eigenvalue weighted by Gasteiger charge is 2.04. The van der Waals surface area contributed by atoms with E-state index in [1.807, 2.05) is 37.1 Å². The lowest BCUT2D eigenvalue weighted by Crippen LogP contribution is -2.36. The molecule has 3 N–H and O–H groups in total. The van der Waals surface area contributed by atoms with Crippen LogP contribution < -0.4 is 11.2 Å². The van der Waals surface area contributed by atoms with Crippen LogP contribution in [0.15, 0.2) is 66.1 Å². The van der Waals surface area contributed by atoms with E-state index in [-0.39, 0.29) is 0 Å². The number of nitrogens with zero attached hydrogens (tertiary/aromatic N) is 2. The largest absolute Gasteiger partial charge is 0.397 e. The van der Waals surface area contributed by atoms with Gasteiger partial charge >= 0.3 is 0 Å². The lowest BCUT2D eigenvalue weighted by Gasteiger charge is -2.23. The zero-order chi connectivity index (χ0) is 15.8. The summed E-state index contributed by atoms with van der Waals surface area (Å²) in [5.41, 5.74) is 12.4. The van der Waals surface area contributed by atoms with Crippen molar-refractivity contribution in [3.05, 3.63) is 72.2 Å². The van der Waals surface area contributed by atoms with E-state index in [4.69, 9.17) is 5.73 Å². The molecule has 0 amide bonds. The summed E-state index contributed by atoms with van der Waals surface area (Å²) in [4.78, 5) is 4.40. The molecule has 0 aliphatic rings. The van der Waals surface area contributed by atoms with Crippen LogP contribution in [0.2, 0.25) is 0 Å². The number of nitrogens with one attached hydrogen (secondary N) is 1. The van der Waals surface area contributed by atoms with Gasteiger partial charge in [-0.25, -0.2) is 4.99 Å². The SMILES string of the molecule is C=CN(Cc1ccccc1C)N/C(C)=N/C(=C\C)C(=C)N. The fraction of sp³-hybridized carbons (Fsp3) is 0.235. The second kappa shape index (κ2) is 7.94. The molecule has 0 unspecified atom stereocenters. The third-order valence-corrected chi connectivity index (χ3v) is 3.02. The number of aliphatic imine (C=N–C) groups is 1. The molecule has 1 rings (SSSR count). The number of hydrazine groups is 1. The summed E-state index contributed by atoms with van der Waals surface area (Å²) < 4.78 is 0. The van der Waals surface area contributed by atoms with Crippen molar-refractivity contribution in [2.45, 2.75) is 27.3 Å². The van der Waals surface area contributed by atoms with Crippen LogP contribution in [0, 0.1) is 6.92 Å². The predicted octanol–water partition coefficient (Wildman–Crippen LogP) is 3.24. The Morgan fingerprint density at radius 2 is 2.10 bits per heavy atom. The van der Waals surface area contributed by atoms with Crippen molar-refractivity contribution in [1.29, 1.82) is 0 Å². The molecule has 0 saturated carbocycles. The molecule has 4 nitrogen and oxygen atoms in total. The van der Waals surface area contributed by atoms with Gasteiger partial charge in [0, 0.05) is 11.9 Å². The summed E-state index contributed by atoms with van der Waals surface area (Å²) in [6, 6.07) is 8.25. The maximum Gasteiger partial charge on any atom is 0.118 e. The normalized spacial score (nSPS) is 12.0. The second-order valence-corrected chi connectivity index (χ2v) is 4.75. The first-order chi connectivity index (χ1) is 9.97. The molecule has 0 atom stereocenters. The van der Waals surface area contributed by atoms with Crippen LogP contribution in [0.3, 0.4) is 0 Å². The average molecular weight is 284 g/mol. The van der Waals surface area contributed by atoms with Crippen LogP contribution in [-0.4, -0.2) is 10.8 Å². The van der Waals surface area contributed by atoms with Crippen molar-refractivity contribution in [3.63, 3.8) is 0 Å². The van der Waals surface area contributed by atoms with Crippen LogP contribution >= 0.6 is 0 Å². The van der Waals surface area contributed by atoms with Gasteiger partial charge in [-0.1, -0.05) is 43.5 Å². The summed E-state index contributed by atoms with van der Waals surface area (Å²) in [5.74, 6) is 0.725. The summed E-state index contributed by atoms with van der Waals surface area (Å²) >= 11 is 0. The molecule has 112 valence electrons. The van der Waals surface area contributed by atoms with Crippen molar-refractivity contribution >= 4 is 5.84 Å². The molecular weight excluding hydrogens is 260 g/mol. The van der Waals surface area contributed by atoms with Crippen molar-refractivity contribution in [2.24, 2.45) is 10.7 Å². The lowest BCUT2D eigenvalue weighted by atomic mass is 10.1. The number of allylic oxidation sites excluding steroid dienone is 1. The van der Waals surface area contributed by atoms with Crippen molar-refractivity contribution in [1.82, 2.24) is 10.4 Å². The van der Waals surface area contributed by atoms with Gasteiger partial charge in [0.05, 0.1) is 12.2 Å². The molecule has 0 saturated heterocycles. The van der Waals surface area contributed by atoms with Crippen LogP contribution in [-0.2, 0) is 6.54 Å².